The summed E-state index contributed by atoms with van der Waals surface area (Å²) in [5, 5.41) is 3.75. The second-order valence-electron chi connectivity index (χ2n) is 5.69. The van der Waals surface area contributed by atoms with E-state index in [1.807, 2.05) is 25.1 Å². The molecule has 0 fully saturated rings. The SMILES string of the molecule is CCCNC(=O)CSc1nc2ccccc2n1-c1ccc(C)cc1. The standard InChI is InChI=1S/C19H21N3OS/c1-3-12-20-18(23)13-24-19-21-16-6-4-5-7-17(16)22(19)15-10-8-14(2)9-11-15/h4-11H,3,12-13H2,1-2H3,(H,20,23). The maximum atomic E-state index is 11.9. The monoisotopic (exact) mass is 339 g/mol. The summed E-state index contributed by atoms with van der Waals surface area (Å²) in [6.07, 6.45) is 0.943. The Bertz CT molecular complexity index is 839. The molecule has 0 aliphatic carbocycles. The zero-order valence-electron chi connectivity index (χ0n) is 14.0. The third-order valence-corrected chi connectivity index (χ3v) is 4.67. The molecule has 2 aromatic carbocycles. The van der Waals surface area contributed by atoms with Gasteiger partial charge in [0.2, 0.25) is 5.91 Å². The Kier molecular flexibility index (Phi) is 5.20. The molecule has 124 valence electrons. The van der Waals surface area contributed by atoms with Crippen LogP contribution in [-0.2, 0) is 4.79 Å². The van der Waals surface area contributed by atoms with Gasteiger partial charge in [0.1, 0.15) is 0 Å². The third-order valence-electron chi connectivity index (χ3n) is 3.73. The lowest BCUT2D eigenvalue weighted by molar-refractivity contribution is -0.118. The van der Waals surface area contributed by atoms with Crippen LogP contribution in [0.3, 0.4) is 0 Å². The minimum Gasteiger partial charge on any atom is -0.355 e. The number of carbonyl (C=O) groups excluding carboxylic acids is 1. The maximum absolute atomic E-state index is 11.9. The first-order chi connectivity index (χ1) is 11.7. The average molecular weight is 339 g/mol. The third kappa shape index (κ3) is 3.62. The highest BCUT2D eigenvalue weighted by Gasteiger charge is 2.14. The quantitative estimate of drug-likeness (QED) is 0.692. The maximum Gasteiger partial charge on any atom is 0.230 e. The lowest BCUT2D eigenvalue weighted by atomic mass is 10.2. The van der Waals surface area contributed by atoms with Gasteiger partial charge in [0.25, 0.3) is 0 Å². The first-order valence-corrected chi connectivity index (χ1v) is 9.11. The fourth-order valence-electron chi connectivity index (χ4n) is 2.49. The molecule has 0 radical (unpaired) electrons. The molecule has 0 aliphatic rings. The van der Waals surface area contributed by atoms with Gasteiger partial charge in [0, 0.05) is 12.2 Å². The predicted molar refractivity (Wildman–Crippen MR) is 99.8 cm³/mol. The summed E-state index contributed by atoms with van der Waals surface area (Å²) >= 11 is 1.47. The summed E-state index contributed by atoms with van der Waals surface area (Å²) in [6.45, 7) is 4.83. The van der Waals surface area contributed by atoms with E-state index in [-0.39, 0.29) is 5.91 Å². The molecule has 1 heterocycles. The van der Waals surface area contributed by atoms with E-state index in [4.69, 9.17) is 4.98 Å². The number of aromatic nitrogens is 2. The van der Waals surface area contributed by atoms with Gasteiger partial charge in [-0.1, -0.05) is 48.5 Å². The molecule has 24 heavy (non-hydrogen) atoms. The van der Waals surface area contributed by atoms with E-state index < -0.39 is 0 Å². The molecule has 3 rings (SSSR count). The topological polar surface area (TPSA) is 46.9 Å². The summed E-state index contributed by atoms with van der Waals surface area (Å²) in [6, 6.07) is 16.4. The van der Waals surface area contributed by atoms with Crippen LogP contribution in [0.1, 0.15) is 18.9 Å². The Morgan fingerprint density at radius 2 is 1.92 bits per heavy atom. The van der Waals surface area contributed by atoms with Crippen LogP contribution in [0.2, 0.25) is 0 Å². The van der Waals surface area contributed by atoms with E-state index in [2.05, 4.69) is 47.1 Å². The number of hydrogen-bond acceptors (Lipinski definition) is 3. The van der Waals surface area contributed by atoms with E-state index in [0.29, 0.717) is 12.3 Å². The Hall–Kier alpha value is -2.27. The summed E-state index contributed by atoms with van der Waals surface area (Å²) in [5.74, 6) is 0.416. The molecule has 0 atom stereocenters. The first kappa shape index (κ1) is 16.6. The molecule has 0 bridgehead atoms. The highest BCUT2D eigenvalue weighted by molar-refractivity contribution is 7.99. The number of fused-ring (bicyclic) bond motifs is 1. The van der Waals surface area contributed by atoms with Crippen LogP contribution in [0.5, 0.6) is 0 Å². The van der Waals surface area contributed by atoms with E-state index in [9.17, 15) is 4.79 Å². The average Bonchev–Trinajstić information content (AvgIpc) is 2.97. The normalized spacial score (nSPS) is 10.9. The van der Waals surface area contributed by atoms with Gasteiger partial charge in [-0.2, -0.15) is 0 Å². The summed E-state index contributed by atoms with van der Waals surface area (Å²) in [4.78, 5) is 16.6. The van der Waals surface area contributed by atoms with Gasteiger partial charge in [-0.05, 0) is 37.6 Å². The number of amides is 1. The van der Waals surface area contributed by atoms with Gasteiger partial charge in [0.15, 0.2) is 5.16 Å². The number of hydrogen-bond donors (Lipinski definition) is 1. The molecule has 1 aromatic heterocycles. The number of imidazole rings is 1. The molecular weight excluding hydrogens is 318 g/mol. The Balaban J connectivity index is 1.93. The Morgan fingerprint density at radius 1 is 1.17 bits per heavy atom. The van der Waals surface area contributed by atoms with E-state index in [1.165, 1.54) is 17.3 Å². The smallest absolute Gasteiger partial charge is 0.230 e. The molecule has 1 N–H and O–H groups in total. The lowest BCUT2D eigenvalue weighted by Crippen LogP contribution is -2.25. The fourth-order valence-corrected chi connectivity index (χ4v) is 3.35. The van der Waals surface area contributed by atoms with E-state index >= 15 is 0 Å². The fraction of sp³-hybridized carbons (Fsp3) is 0.263. The summed E-state index contributed by atoms with van der Waals surface area (Å²) < 4.78 is 2.12. The second kappa shape index (κ2) is 7.53. The van der Waals surface area contributed by atoms with Gasteiger partial charge in [0.05, 0.1) is 16.8 Å². The van der Waals surface area contributed by atoms with Gasteiger partial charge < -0.3 is 5.32 Å². The van der Waals surface area contributed by atoms with Gasteiger partial charge in [-0.15, -0.1) is 0 Å². The van der Waals surface area contributed by atoms with Crippen LogP contribution >= 0.6 is 11.8 Å². The summed E-state index contributed by atoms with van der Waals surface area (Å²) in [5.41, 5.74) is 4.27. The highest BCUT2D eigenvalue weighted by Crippen LogP contribution is 2.28. The molecule has 3 aromatic rings. The van der Waals surface area contributed by atoms with Crippen molar-refractivity contribution in [3.8, 4) is 5.69 Å². The van der Waals surface area contributed by atoms with E-state index in [1.54, 1.807) is 0 Å². The molecular formula is C19H21N3OS. The Labute approximate surface area is 146 Å². The number of nitrogens with one attached hydrogen (secondary N) is 1. The summed E-state index contributed by atoms with van der Waals surface area (Å²) in [7, 11) is 0. The number of aryl methyl sites for hydroxylation is 1. The number of para-hydroxylation sites is 2. The number of thioether (sulfide) groups is 1. The molecule has 1 amide bonds. The molecule has 0 saturated carbocycles. The van der Waals surface area contributed by atoms with Crippen molar-refractivity contribution in [3.05, 3.63) is 54.1 Å². The Morgan fingerprint density at radius 3 is 2.67 bits per heavy atom. The lowest BCUT2D eigenvalue weighted by Gasteiger charge is -2.09. The van der Waals surface area contributed by atoms with E-state index in [0.717, 1.165) is 28.3 Å². The van der Waals surface area contributed by atoms with Gasteiger partial charge in [-0.3, -0.25) is 9.36 Å². The molecule has 0 aliphatic heterocycles. The van der Waals surface area contributed by atoms with Crippen molar-refractivity contribution in [2.75, 3.05) is 12.3 Å². The van der Waals surface area contributed by atoms with Crippen LogP contribution in [0.4, 0.5) is 0 Å². The zero-order valence-corrected chi connectivity index (χ0v) is 14.8. The molecule has 4 nitrogen and oxygen atoms in total. The van der Waals surface area contributed by atoms with Crippen LogP contribution in [0, 0.1) is 6.92 Å². The van der Waals surface area contributed by atoms with Crippen LogP contribution in [0.15, 0.2) is 53.7 Å². The predicted octanol–water partition coefficient (Wildman–Crippen LogP) is 3.95. The van der Waals surface area contributed by atoms with Crippen molar-refractivity contribution in [2.24, 2.45) is 0 Å². The number of carbonyl (C=O) groups is 1. The molecule has 0 saturated heterocycles. The molecule has 5 heteroatoms. The number of nitrogens with zero attached hydrogens (tertiary/aromatic N) is 2. The minimum atomic E-state index is 0.0457. The van der Waals surface area contributed by atoms with Gasteiger partial charge in [-0.25, -0.2) is 4.98 Å². The molecule has 0 spiro atoms. The number of rotatable bonds is 6. The van der Waals surface area contributed by atoms with Crippen LogP contribution in [-0.4, -0.2) is 27.8 Å². The van der Waals surface area contributed by atoms with Crippen molar-refractivity contribution in [3.63, 3.8) is 0 Å². The highest BCUT2D eigenvalue weighted by atomic mass is 32.2. The molecule has 0 unspecified atom stereocenters. The first-order valence-electron chi connectivity index (χ1n) is 8.13. The van der Waals surface area contributed by atoms with Crippen molar-refractivity contribution in [1.82, 2.24) is 14.9 Å². The van der Waals surface area contributed by atoms with Crippen molar-refractivity contribution >= 4 is 28.7 Å². The van der Waals surface area contributed by atoms with Crippen LogP contribution < -0.4 is 5.32 Å². The van der Waals surface area contributed by atoms with Gasteiger partial charge >= 0.3 is 0 Å². The zero-order chi connectivity index (χ0) is 16.9. The van der Waals surface area contributed by atoms with Crippen molar-refractivity contribution in [1.29, 1.82) is 0 Å². The number of benzene rings is 2. The minimum absolute atomic E-state index is 0.0457. The van der Waals surface area contributed by atoms with Crippen molar-refractivity contribution < 1.29 is 4.79 Å². The second-order valence-corrected chi connectivity index (χ2v) is 6.64. The largest absolute Gasteiger partial charge is 0.355 e. The van der Waals surface area contributed by atoms with Crippen molar-refractivity contribution in [2.45, 2.75) is 25.4 Å². The van der Waals surface area contributed by atoms with Crippen LogP contribution in [0.25, 0.3) is 16.7 Å².